The second-order valence-electron chi connectivity index (χ2n) is 2.05. The molecule has 0 aliphatic carbocycles. The molecule has 0 radical (unpaired) electrons. The van der Waals surface area contributed by atoms with E-state index in [9.17, 15) is 0 Å². The van der Waals surface area contributed by atoms with E-state index in [-0.39, 0.29) is 0 Å². The van der Waals surface area contributed by atoms with Crippen LogP contribution in [-0.4, -0.2) is 58.7 Å². The van der Waals surface area contributed by atoms with Crippen molar-refractivity contribution in [3.05, 3.63) is 0 Å². The lowest BCUT2D eigenvalue weighted by atomic mass is 15.8. The quantitative estimate of drug-likeness (QED) is 0.168. The summed E-state index contributed by atoms with van der Waals surface area (Å²) in [5.74, 6) is 0. The van der Waals surface area contributed by atoms with Crippen molar-refractivity contribution in [3.63, 3.8) is 0 Å². The topological polar surface area (TPSA) is 277 Å². The average molecular weight is 424 g/mol. The molecular weight excluding hydrogens is 412 g/mol. The van der Waals surface area contributed by atoms with Crippen LogP contribution in [0.2, 0.25) is 0 Å². The van der Waals surface area contributed by atoms with E-state index in [0.717, 1.165) is 0 Å². The van der Waals surface area contributed by atoms with Gasteiger partial charge in [0.15, 0.2) is 0 Å². The number of hydrogen-bond donors (Lipinski definition) is 12. The Kier molecular flexibility index (Phi) is 17.3. The molecule has 0 saturated heterocycles. The summed E-state index contributed by atoms with van der Waals surface area (Å²) in [6, 6.07) is 0. The van der Waals surface area contributed by atoms with Crippen molar-refractivity contribution in [1.82, 2.24) is 0 Å². The molecule has 0 saturated carbocycles. The normalized spacial score (nSPS) is 11.8. The Morgan fingerprint density at radius 2 is 0.450 bits per heavy atom. The SMILES string of the molecule is O=P(O)(O)O.O=P(O)(O)O.OP(O)(O)=S.OP(O)(O)=S. The monoisotopic (exact) mass is 424 g/mol. The van der Waals surface area contributed by atoms with E-state index in [1.54, 1.807) is 0 Å². The van der Waals surface area contributed by atoms with Gasteiger partial charge >= 0.3 is 29.1 Å². The summed E-state index contributed by atoms with van der Waals surface area (Å²) < 4.78 is 17.8. The standard InChI is InChI=1S/2H3O4P.2H3O3PS/c2*1-5(2,3)4;2*1-4(2,3)5/h2*(H3,1,2,3,4);2*(H3,1,2,3,5). The van der Waals surface area contributed by atoms with Gasteiger partial charge in [-0.1, -0.05) is 0 Å². The fourth-order valence-corrected chi connectivity index (χ4v) is 0. The summed E-state index contributed by atoms with van der Waals surface area (Å²) in [6.07, 6.45) is 0. The summed E-state index contributed by atoms with van der Waals surface area (Å²) in [4.78, 5) is 88.5. The minimum atomic E-state index is -4.64. The summed E-state index contributed by atoms with van der Waals surface area (Å²) in [6.45, 7) is -7.61. The molecule has 128 valence electrons. The van der Waals surface area contributed by atoms with E-state index < -0.39 is 29.1 Å². The molecule has 0 amide bonds. The van der Waals surface area contributed by atoms with Crippen LogP contribution in [0.15, 0.2) is 0 Å². The van der Waals surface area contributed by atoms with Crippen LogP contribution in [0.1, 0.15) is 0 Å². The van der Waals surface area contributed by atoms with Gasteiger partial charge in [-0.15, -0.1) is 0 Å². The molecule has 0 bridgehead atoms. The molecule has 12 N–H and O–H groups in total. The molecular formula is H12O14P4S2. The molecule has 0 spiro atoms. The van der Waals surface area contributed by atoms with E-state index >= 15 is 0 Å². The van der Waals surface area contributed by atoms with Gasteiger partial charge < -0.3 is 58.7 Å². The Morgan fingerprint density at radius 1 is 0.450 bits per heavy atom. The number of hydrogen-bond acceptors (Lipinski definition) is 4. The third-order valence-corrected chi connectivity index (χ3v) is 0. The first-order valence-corrected chi connectivity index (χ1v) is 11.6. The maximum atomic E-state index is 8.88. The van der Waals surface area contributed by atoms with Crippen LogP contribution in [0.3, 0.4) is 0 Å². The molecule has 20 heteroatoms. The van der Waals surface area contributed by atoms with E-state index in [1.165, 1.54) is 0 Å². The third kappa shape index (κ3) is 3930. The van der Waals surface area contributed by atoms with Crippen LogP contribution in [0.4, 0.5) is 0 Å². The summed E-state index contributed by atoms with van der Waals surface area (Å²) in [7, 11) is -9.28. The van der Waals surface area contributed by atoms with Gasteiger partial charge in [0.25, 0.3) is 0 Å². The Morgan fingerprint density at radius 3 is 0.450 bits per heavy atom. The van der Waals surface area contributed by atoms with Gasteiger partial charge in [0.2, 0.25) is 0 Å². The van der Waals surface area contributed by atoms with Gasteiger partial charge in [0.1, 0.15) is 0 Å². The fraction of sp³-hybridized carbons (Fsp3) is 0. The predicted octanol–water partition coefficient (Wildman–Crippen LogP) is -3.48. The van der Waals surface area contributed by atoms with Gasteiger partial charge in [-0.05, 0) is 23.6 Å². The third-order valence-electron chi connectivity index (χ3n) is 0. The molecule has 0 aliphatic rings. The van der Waals surface area contributed by atoms with Crippen molar-refractivity contribution in [2.45, 2.75) is 0 Å². The minimum Gasteiger partial charge on any atom is -0.325 e. The van der Waals surface area contributed by atoms with Crippen molar-refractivity contribution in [2.24, 2.45) is 0 Å². The minimum absolute atomic E-state index is 3.60. The Hall–Kier alpha value is 1.28. The van der Waals surface area contributed by atoms with Crippen molar-refractivity contribution in [3.8, 4) is 0 Å². The molecule has 0 atom stereocenters. The van der Waals surface area contributed by atoms with E-state index in [4.69, 9.17) is 67.9 Å². The molecule has 0 unspecified atom stereocenters. The molecule has 0 heterocycles. The molecule has 20 heavy (non-hydrogen) atoms. The van der Waals surface area contributed by atoms with Gasteiger partial charge in [0, 0.05) is 0 Å². The van der Waals surface area contributed by atoms with Crippen LogP contribution in [0.25, 0.3) is 0 Å². The highest BCUT2D eigenvalue weighted by molar-refractivity contribution is 8.06. The van der Waals surface area contributed by atoms with Crippen molar-refractivity contribution in [2.75, 3.05) is 0 Å². The molecule has 14 nitrogen and oxygen atoms in total. The molecule has 0 aromatic carbocycles. The van der Waals surface area contributed by atoms with Crippen LogP contribution in [0, 0.1) is 0 Å². The lowest BCUT2D eigenvalue weighted by Gasteiger charge is -1.88. The van der Waals surface area contributed by atoms with E-state index in [0.29, 0.717) is 0 Å². The van der Waals surface area contributed by atoms with Gasteiger partial charge in [-0.3, -0.25) is 0 Å². The number of phosphoric acid groups is 2. The zero-order valence-electron chi connectivity index (χ0n) is 8.79. The number of rotatable bonds is 0. The lowest BCUT2D eigenvalue weighted by molar-refractivity contribution is 0.272. The molecule has 0 aliphatic heterocycles. The van der Waals surface area contributed by atoms with Gasteiger partial charge in [-0.2, -0.15) is 0 Å². The highest BCUT2D eigenvalue weighted by Gasteiger charge is 2.00. The maximum absolute atomic E-state index is 8.88. The second kappa shape index (κ2) is 11.8. The van der Waals surface area contributed by atoms with Crippen LogP contribution >= 0.6 is 29.1 Å². The summed E-state index contributed by atoms with van der Waals surface area (Å²) in [5.41, 5.74) is 0. The zero-order chi connectivity index (χ0) is 18.0. The summed E-state index contributed by atoms with van der Waals surface area (Å²) >= 11 is 7.21. The Labute approximate surface area is 121 Å². The average Bonchev–Trinajstić information content (AvgIpc) is 1.62. The highest BCUT2D eigenvalue weighted by atomic mass is 32.5. The van der Waals surface area contributed by atoms with Crippen molar-refractivity contribution in [1.29, 1.82) is 0 Å². The first-order valence-electron chi connectivity index (χ1n) is 3.13. The first kappa shape index (κ1) is 29.3. The smallest absolute Gasteiger partial charge is 0.325 e. The Bertz CT molecular complexity index is 288. The molecule has 0 fully saturated rings. The molecule has 0 rings (SSSR count). The van der Waals surface area contributed by atoms with Crippen molar-refractivity contribution < 1.29 is 67.9 Å². The first-order chi connectivity index (χ1) is 8.00. The second-order valence-corrected chi connectivity index (χ2v) is 9.10. The predicted molar refractivity (Wildman–Crippen MR) is 70.4 cm³/mol. The van der Waals surface area contributed by atoms with Crippen molar-refractivity contribution >= 4 is 52.7 Å². The van der Waals surface area contributed by atoms with Crippen LogP contribution in [0.5, 0.6) is 0 Å². The van der Waals surface area contributed by atoms with Crippen LogP contribution < -0.4 is 0 Å². The van der Waals surface area contributed by atoms with Crippen LogP contribution in [-0.2, 0) is 32.7 Å². The van der Waals surface area contributed by atoms with E-state index in [2.05, 4.69) is 23.6 Å². The maximum Gasteiger partial charge on any atom is 0.466 e. The summed E-state index contributed by atoms with van der Waals surface area (Å²) in [5, 5.41) is 0. The molecule has 0 aromatic heterocycles. The lowest BCUT2D eigenvalue weighted by Crippen LogP contribution is -1.66. The zero-order valence-corrected chi connectivity index (χ0v) is 14.0. The highest BCUT2D eigenvalue weighted by Crippen LogP contribution is 2.27. The Balaban J connectivity index is -0.0000000853. The fourth-order valence-electron chi connectivity index (χ4n) is 0. The van der Waals surface area contributed by atoms with Gasteiger partial charge in [0.05, 0.1) is 0 Å². The molecule has 0 aromatic rings. The van der Waals surface area contributed by atoms with Gasteiger partial charge in [-0.25, -0.2) is 9.13 Å². The largest absolute Gasteiger partial charge is 0.466 e. The van der Waals surface area contributed by atoms with E-state index in [1.807, 2.05) is 0 Å².